The number of benzene rings is 2. The molecule has 2 aromatic rings. The fourth-order valence-corrected chi connectivity index (χ4v) is 10.1. The third-order valence-corrected chi connectivity index (χ3v) is 12.3. The quantitative estimate of drug-likeness (QED) is 0.339. The number of Topliss-reactive ketones (excluding diaryl/α,β-unsaturated/α-hetero) is 1. The summed E-state index contributed by atoms with van der Waals surface area (Å²) in [6.45, 7) is 9.43. The molecule has 3 saturated carbocycles. The second-order valence-electron chi connectivity index (χ2n) is 14.2. The third-order valence-electron chi connectivity index (χ3n) is 12.3. The van der Waals surface area contributed by atoms with E-state index in [2.05, 4.69) is 63.2 Å². The summed E-state index contributed by atoms with van der Waals surface area (Å²) in [4.78, 5) is 12.2. The fraction of sp³-hybridized carbons (Fsp3) is 0.595. The Labute approximate surface area is 245 Å². The standard InChI is InChI=1S/C37H46O4/c1-25(24-39-30-12-9-27(10-13-30)37(40-21-22-41-37)26-7-5-4-6-8-26)32-15-16-33-31-14-11-28-23-29(38)17-19-35(28,2)34(31)18-20-36(32,33)3/h4-13,25,31-34H,14-24H2,1-3H3/t25-,31+,32-,33+,34+,35+,36-/m1/s1. The topological polar surface area (TPSA) is 44.8 Å². The van der Waals surface area contributed by atoms with Crippen molar-refractivity contribution in [1.29, 1.82) is 0 Å². The van der Waals surface area contributed by atoms with Crippen molar-refractivity contribution >= 4 is 5.78 Å². The molecule has 218 valence electrons. The molecule has 7 rings (SSSR count). The van der Waals surface area contributed by atoms with Gasteiger partial charge in [-0.25, -0.2) is 0 Å². The van der Waals surface area contributed by atoms with E-state index >= 15 is 0 Å². The fourth-order valence-electron chi connectivity index (χ4n) is 10.1. The number of hydrogen-bond donors (Lipinski definition) is 0. The van der Waals surface area contributed by atoms with E-state index in [9.17, 15) is 4.79 Å². The number of carbonyl (C=O) groups excluding carboxylic acids is 1. The number of fused-ring (bicyclic) bond motifs is 5. The normalized spacial score (nSPS) is 36.6. The Morgan fingerprint density at radius 1 is 0.902 bits per heavy atom. The van der Waals surface area contributed by atoms with Crippen LogP contribution in [0, 0.1) is 40.4 Å². The second-order valence-corrected chi connectivity index (χ2v) is 14.2. The van der Waals surface area contributed by atoms with Gasteiger partial charge in [0.25, 0.3) is 0 Å². The smallest absolute Gasteiger partial charge is 0.222 e. The molecule has 7 atom stereocenters. The molecule has 0 N–H and O–H groups in total. The van der Waals surface area contributed by atoms with E-state index in [4.69, 9.17) is 14.2 Å². The van der Waals surface area contributed by atoms with E-state index in [1.165, 1.54) is 37.7 Å². The molecule has 4 fully saturated rings. The van der Waals surface area contributed by atoms with Crippen molar-refractivity contribution in [3.63, 3.8) is 0 Å². The first kappa shape index (κ1) is 27.4. The molecular weight excluding hydrogens is 508 g/mol. The number of ketones is 1. The molecule has 0 spiro atoms. The van der Waals surface area contributed by atoms with Crippen LogP contribution in [0.5, 0.6) is 5.75 Å². The number of hydrogen-bond acceptors (Lipinski definition) is 4. The molecule has 0 bridgehead atoms. The van der Waals surface area contributed by atoms with Gasteiger partial charge in [-0.3, -0.25) is 4.79 Å². The van der Waals surface area contributed by atoms with Crippen molar-refractivity contribution in [3.8, 4) is 5.75 Å². The molecule has 1 heterocycles. The van der Waals surface area contributed by atoms with Crippen LogP contribution in [0.2, 0.25) is 0 Å². The first-order valence-electron chi connectivity index (χ1n) is 16.1. The number of rotatable bonds is 6. The lowest BCUT2D eigenvalue weighted by Gasteiger charge is -2.57. The van der Waals surface area contributed by atoms with Crippen molar-refractivity contribution < 1.29 is 19.0 Å². The van der Waals surface area contributed by atoms with E-state index < -0.39 is 5.79 Å². The van der Waals surface area contributed by atoms with Gasteiger partial charge in [-0.2, -0.15) is 0 Å². The van der Waals surface area contributed by atoms with Gasteiger partial charge in [-0.15, -0.1) is 0 Å². The molecule has 4 aliphatic carbocycles. The second kappa shape index (κ2) is 10.4. The lowest BCUT2D eigenvalue weighted by atomic mass is 9.47. The largest absolute Gasteiger partial charge is 0.493 e. The Morgan fingerprint density at radius 3 is 2.39 bits per heavy atom. The molecule has 0 amide bonds. The van der Waals surface area contributed by atoms with E-state index in [1.54, 1.807) is 0 Å². The Hall–Kier alpha value is -2.43. The molecule has 0 unspecified atom stereocenters. The van der Waals surface area contributed by atoms with Gasteiger partial charge in [0.2, 0.25) is 5.79 Å². The van der Waals surface area contributed by atoms with Crippen molar-refractivity contribution in [1.82, 2.24) is 0 Å². The first-order chi connectivity index (χ1) is 19.8. The zero-order valence-corrected chi connectivity index (χ0v) is 25.1. The Morgan fingerprint density at radius 2 is 1.63 bits per heavy atom. The third kappa shape index (κ3) is 4.43. The van der Waals surface area contributed by atoms with Gasteiger partial charge in [-0.05, 0) is 103 Å². The SMILES string of the molecule is C[C@H](COc1ccc(C2(c3ccccc3)OCCO2)cc1)[C@H]1CC[C@H]2[C@@H]3CC=C4CC(=O)CC[C@]4(C)[C@H]3CC[C@]12C. The molecule has 4 heteroatoms. The van der Waals surface area contributed by atoms with Crippen LogP contribution in [0.3, 0.4) is 0 Å². The van der Waals surface area contributed by atoms with Gasteiger partial charge in [0.05, 0.1) is 19.8 Å². The summed E-state index contributed by atoms with van der Waals surface area (Å²) in [6.07, 6.45) is 11.5. The van der Waals surface area contributed by atoms with Crippen LogP contribution in [0.4, 0.5) is 0 Å². The molecule has 4 nitrogen and oxygen atoms in total. The molecule has 2 aromatic carbocycles. The lowest BCUT2D eigenvalue weighted by Crippen LogP contribution is -2.50. The van der Waals surface area contributed by atoms with Crippen LogP contribution in [-0.2, 0) is 20.1 Å². The van der Waals surface area contributed by atoms with Crippen LogP contribution in [-0.4, -0.2) is 25.6 Å². The minimum absolute atomic E-state index is 0.255. The summed E-state index contributed by atoms with van der Waals surface area (Å²) in [6, 6.07) is 18.6. The highest BCUT2D eigenvalue weighted by atomic mass is 16.7. The summed E-state index contributed by atoms with van der Waals surface area (Å²) >= 11 is 0. The highest BCUT2D eigenvalue weighted by Crippen LogP contribution is 2.67. The highest BCUT2D eigenvalue weighted by molar-refractivity contribution is 5.82. The van der Waals surface area contributed by atoms with E-state index in [1.807, 2.05) is 18.2 Å². The van der Waals surface area contributed by atoms with Gasteiger partial charge in [0, 0.05) is 24.0 Å². The zero-order chi connectivity index (χ0) is 28.2. The predicted octanol–water partition coefficient (Wildman–Crippen LogP) is 8.10. The number of ether oxygens (including phenoxy) is 3. The average Bonchev–Trinajstić information content (AvgIpc) is 3.63. The summed E-state index contributed by atoms with van der Waals surface area (Å²) in [7, 11) is 0. The maximum absolute atomic E-state index is 12.2. The Kier molecular flexibility index (Phi) is 6.94. The highest BCUT2D eigenvalue weighted by Gasteiger charge is 2.59. The molecule has 1 aliphatic heterocycles. The van der Waals surface area contributed by atoms with Crippen LogP contribution in [0.1, 0.15) is 83.3 Å². The average molecular weight is 555 g/mol. The van der Waals surface area contributed by atoms with Gasteiger partial charge >= 0.3 is 0 Å². The van der Waals surface area contributed by atoms with Crippen molar-refractivity contribution in [2.75, 3.05) is 19.8 Å². The molecule has 1 saturated heterocycles. The van der Waals surface area contributed by atoms with Gasteiger partial charge < -0.3 is 14.2 Å². The van der Waals surface area contributed by atoms with Crippen molar-refractivity contribution in [2.45, 2.75) is 77.9 Å². The zero-order valence-electron chi connectivity index (χ0n) is 25.1. The maximum atomic E-state index is 12.2. The van der Waals surface area contributed by atoms with Gasteiger partial charge in [0.15, 0.2) is 0 Å². The van der Waals surface area contributed by atoms with Crippen LogP contribution < -0.4 is 4.74 Å². The monoisotopic (exact) mass is 554 g/mol. The van der Waals surface area contributed by atoms with E-state index in [0.29, 0.717) is 42.7 Å². The summed E-state index contributed by atoms with van der Waals surface area (Å²) in [5, 5.41) is 0. The summed E-state index contributed by atoms with van der Waals surface area (Å²) in [5.74, 6) is 4.06. The molecule has 0 aromatic heterocycles. The van der Waals surface area contributed by atoms with Crippen molar-refractivity contribution in [2.24, 2.45) is 40.4 Å². The molecule has 5 aliphatic rings. The molecule has 41 heavy (non-hydrogen) atoms. The first-order valence-corrected chi connectivity index (χ1v) is 16.1. The van der Waals surface area contributed by atoms with Crippen LogP contribution in [0.25, 0.3) is 0 Å². The number of allylic oxidation sites excluding steroid dienone is 2. The predicted molar refractivity (Wildman–Crippen MR) is 160 cm³/mol. The van der Waals surface area contributed by atoms with Gasteiger partial charge in [0.1, 0.15) is 11.5 Å². The van der Waals surface area contributed by atoms with Crippen molar-refractivity contribution in [3.05, 3.63) is 77.4 Å². The lowest BCUT2D eigenvalue weighted by molar-refractivity contribution is -0.129. The van der Waals surface area contributed by atoms with Crippen LogP contribution >= 0.6 is 0 Å². The molecule has 0 radical (unpaired) electrons. The van der Waals surface area contributed by atoms with Crippen LogP contribution in [0.15, 0.2) is 66.2 Å². The van der Waals surface area contributed by atoms with Gasteiger partial charge in [-0.1, -0.05) is 62.8 Å². The van der Waals surface area contributed by atoms with E-state index in [-0.39, 0.29) is 5.41 Å². The molecular formula is C37H46O4. The minimum Gasteiger partial charge on any atom is -0.493 e. The minimum atomic E-state index is -0.835. The summed E-state index contributed by atoms with van der Waals surface area (Å²) < 4.78 is 18.8. The summed E-state index contributed by atoms with van der Waals surface area (Å²) in [5.41, 5.74) is 4.14. The Balaban J connectivity index is 1.02. The number of carbonyl (C=O) groups is 1. The maximum Gasteiger partial charge on any atom is 0.222 e. The Bertz CT molecular complexity index is 1290. The van der Waals surface area contributed by atoms with E-state index in [0.717, 1.165) is 54.1 Å².